The summed E-state index contributed by atoms with van der Waals surface area (Å²) >= 11 is 5.99. The molecule has 0 saturated heterocycles. The number of carbonyl (C=O) groups excluding carboxylic acids is 1. The van der Waals surface area contributed by atoms with Crippen LogP contribution in [0.15, 0.2) is 60.9 Å². The van der Waals surface area contributed by atoms with E-state index in [0.717, 1.165) is 22.7 Å². The Morgan fingerprint density at radius 2 is 2.04 bits per heavy atom. The van der Waals surface area contributed by atoms with Crippen molar-refractivity contribution in [3.8, 4) is 5.75 Å². The smallest absolute Gasteiger partial charge is 0.224 e. The van der Waals surface area contributed by atoms with Crippen LogP contribution in [0.5, 0.6) is 5.75 Å². The number of aryl methyl sites for hydroxylation is 2. The number of ether oxygens (including phenoxy) is 1. The number of amides is 1. The van der Waals surface area contributed by atoms with Gasteiger partial charge in [-0.25, -0.2) is 4.98 Å². The molecule has 0 saturated carbocycles. The van der Waals surface area contributed by atoms with E-state index >= 15 is 0 Å². The Morgan fingerprint density at radius 3 is 2.70 bits per heavy atom. The van der Waals surface area contributed by atoms with Gasteiger partial charge in [-0.05, 0) is 42.3 Å². The minimum Gasteiger partial charge on any atom is -0.493 e. The molecular formula is C21H22ClN3O2. The molecular weight excluding hydrogens is 362 g/mol. The Morgan fingerprint density at radius 1 is 1.26 bits per heavy atom. The van der Waals surface area contributed by atoms with Gasteiger partial charge in [0, 0.05) is 24.5 Å². The first kappa shape index (κ1) is 19.0. The third-order valence-corrected chi connectivity index (χ3v) is 4.46. The van der Waals surface area contributed by atoms with Gasteiger partial charge < -0.3 is 14.6 Å². The number of benzene rings is 2. The van der Waals surface area contributed by atoms with Crippen LogP contribution in [0.3, 0.4) is 0 Å². The fourth-order valence-corrected chi connectivity index (χ4v) is 2.93. The van der Waals surface area contributed by atoms with E-state index in [1.165, 1.54) is 0 Å². The molecule has 0 spiro atoms. The van der Waals surface area contributed by atoms with Crippen LogP contribution in [0.1, 0.15) is 29.4 Å². The van der Waals surface area contributed by atoms with Gasteiger partial charge in [-0.2, -0.15) is 0 Å². The predicted octanol–water partition coefficient (Wildman–Crippen LogP) is 4.06. The molecule has 0 aliphatic heterocycles. The van der Waals surface area contributed by atoms with Crippen LogP contribution in [0.2, 0.25) is 5.02 Å². The summed E-state index contributed by atoms with van der Waals surface area (Å²) in [6, 6.07) is 14.8. The quantitative estimate of drug-likeness (QED) is 0.669. The number of carbonyl (C=O) groups is 1. The molecule has 3 aromatic rings. The maximum absolute atomic E-state index is 12.5. The third-order valence-electron chi connectivity index (χ3n) is 4.21. The number of hydrogen-bond acceptors (Lipinski definition) is 3. The second-order valence-corrected chi connectivity index (χ2v) is 6.80. The van der Waals surface area contributed by atoms with Crippen molar-refractivity contribution in [2.75, 3.05) is 6.61 Å². The zero-order valence-electron chi connectivity index (χ0n) is 15.4. The van der Waals surface area contributed by atoms with Gasteiger partial charge in [0.15, 0.2) is 0 Å². The van der Waals surface area contributed by atoms with Crippen molar-refractivity contribution in [2.24, 2.45) is 7.05 Å². The summed E-state index contributed by atoms with van der Waals surface area (Å²) in [6.07, 6.45) is 3.82. The van der Waals surface area contributed by atoms with Crippen molar-refractivity contribution < 1.29 is 9.53 Å². The van der Waals surface area contributed by atoms with Crippen molar-refractivity contribution in [1.29, 1.82) is 0 Å². The van der Waals surface area contributed by atoms with E-state index in [9.17, 15) is 4.79 Å². The summed E-state index contributed by atoms with van der Waals surface area (Å²) < 4.78 is 7.57. The van der Waals surface area contributed by atoms with Crippen molar-refractivity contribution >= 4 is 17.5 Å². The molecule has 1 N–H and O–H groups in total. The number of nitrogens with one attached hydrogen (secondary N) is 1. The topological polar surface area (TPSA) is 56.1 Å². The molecule has 3 rings (SSSR count). The molecule has 1 aromatic heterocycles. The summed E-state index contributed by atoms with van der Waals surface area (Å²) in [7, 11) is 1.90. The molecule has 6 heteroatoms. The summed E-state index contributed by atoms with van der Waals surface area (Å²) in [5, 5.41) is 3.70. The Balaban J connectivity index is 1.66. The predicted molar refractivity (Wildman–Crippen MR) is 106 cm³/mol. The van der Waals surface area contributed by atoms with Gasteiger partial charge >= 0.3 is 0 Å². The van der Waals surface area contributed by atoms with E-state index in [1.807, 2.05) is 61.1 Å². The molecule has 0 bridgehead atoms. The number of imidazole rings is 1. The second-order valence-electron chi connectivity index (χ2n) is 6.36. The molecule has 0 unspecified atom stereocenters. The van der Waals surface area contributed by atoms with Crippen molar-refractivity contribution in [3.05, 3.63) is 82.9 Å². The van der Waals surface area contributed by atoms with Crippen molar-refractivity contribution in [1.82, 2.24) is 14.9 Å². The average molecular weight is 384 g/mol. The fourth-order valence-electron chi connectivity index (χ4n) is 2.81. The molecule has 0 radical (unpaired) electrons. The molecule has 1 amide bonds. The number of nitrogens with zero attached hydrogens (tertiary/aromatic N) is 2. The Labute approximate surface area is 164 Å². The van der Waals surface area contributed by atoms with Gasteiger partial charge in [0.25, 0.3) is 0 Å². The standard InChI is InChI=1S/C21H22ClN3O2/c1-15-4-3-5-18(14-15)27-13-10-19(26)24-20(21-23-11-12-25(21)2)16-6-8-17(22)9-7-16/h3-9,11-12,14,20H,10,13H2,1-2H3,(H,24,26)/t20-/m0/s1. The molecule has 140 valence electrons. The van der Waals surface area contributed by atoms with Crippen molar-refractivity contribution in [2.45, 2.75) is 19.4 Å². The van der Waals surface area contributed by atoms with E-state index in [0.29, 0.717) is 11.6 Å². The highest BCUT2D eigenvalue weighted by Crippen LogP contribution is 2.22. The molecule has 0 fully saturated rings. The lowest BCUT2D eigenvalue weighted by Gasteiger charge is -2.19. The average Bonchev–Trinajstić information content (AvgIpc) is 3.06. The van der Waals surface area contributed by atoms with Crippen LogP contribution < -0.4 is 10.1 Å². The molecule has 0 aliphatic carbocycles. The lowest BCUT2D eigenvalue weighted by molar-refractivity contribution is -0.122. The van der Waals surface area contributed by atoms with E-state index in [1.54, 1.807) is 18.3 Å². The molecule has 27 heavy (non-hydrogen) atoms. The number of rotatable bonds is 7. The van der Waals surface area contributed by atoms with Crippen LogP contribution in [-0.2, 0) is 11.8 Å². The Kier molecular flexibility index (Phi) is 6.14. The minimum atomic E-state index is -0.353. The van der Waals surface area contributed by atoms with Crippen LogP contribution in [0, 0.1) is 6.92 Å². The highest BCUT2D eigenvalue weighted by Gasteiger charge is 2.20. The molecule has 1 atom stereocenters. The van der Waals surface area contributed by atoms with Gasteiger partial charge in [-0.15, -0.1) is 0 Å². The van der Waals surface area contributed by atoms with Crippen LogP contribution >= 0.6 is 11.6 Å². The van der Waals surface area contributed by atoms with Gasteiger partial charge in [0.1, 0.15) is 17.6 Å². The van der Waals surface area contributed by atoms with Crippen LogP contribution in [-0.4, -0.2) is 22.1 Å². The van der Waals surface area contributed by atoms with Gasteiger partial charge in [-0.1, -0.05) is 35.9 Å². The van der Waals surface area contributed by atoms with Gasteiger partial charge in [-0.3, -0.25) is 4.79 Å². The fraction of sp³-hybridized carbons (Fsp3) is 0.238. The van der Waals surface area contributed by atoms with E-state index in [4.69, 9.17) is 16.3 Å². The Hall–Kier alpha value is -2.79. The summed E-state index contributed by atoms with van der Waals surface area (Å²) in [4.78, 5) is 16.9. The van der Waals surface area contributed by atoms with Crippen molar-refractivity contribution in [3.63, 3.8) is 0 Å². The SMILES string of the molecule is Cc1cccc(OCCC(=O)N[C@@H](c2ccc(Cl)cc2)c2nccn2C)c1. The maximum atomic E-state index is 12.5. The molecule has 0 aliphatic rings. The first-order valence-electron chi connectivity index (χ1n) is 8.74. The van der Waals surface area contributed by atoms with E-state index < -0.39 is 0 Å². The molecule has 2 aromatic carbocycles. The summed E-state index contributed by atoms with van der Waals surface area (Å²) in [5.74, 6) is 1.41. The first-order valence-corrected chi connectivity index (χ1v) is 9.12. The van der Waals surface area contributed by atoms with Gasteiger partial charge in [0.2, 0.25) is 5.91 Å². The summed E-state index contributed by atoms with van der Waals surface area (Å²) in [5.41, 5.74) is 2.04. The zero-order chi connectivity index (χ0) is 19.2. The number of hydrogen-bond donors (Lipinski definition) is 1. The highest BCUT2D eigenvalue weighted by molar-refractivity contribution is 6.30. The Bertz CT molecular complexity index is 906. The van der Waals surface area contributed by atoms with E-state index in [2.05, 4.69) is 10.3 Å². The van der Waals surface area contributed by atoms with Gasteiger partial charge in [0.05, 0.1) is 13.0 Å². The number of aromatic nitrogens is 2. The highest BCUT2D eigenvalue weighted by atomic mass is 35.5. The normalized spacial score (nSPS) is 11.8. The van der Waals surface area contributed by atoms with Crippen LogP contribution in [0.4, 0.5) is 0 Å². The zero-order valence-corrected chi connectivity index (χ0v) is 16.1. The first-order chi connectivity index (χ1) is 13.0. The third kappa shape index (κ3) is 5.11. The van der Waals surface area contributed by atoms with Crippen LogP contribution in [0.25, 0.3) is 0 Å². The number of halogens is 1. The minimum absolute atomic E-state index is 0.106. The summed E-state index contributed by atoms with van der Waals surface area (Å²) in [6.45, 7) is 2.31. The van der Waals surface area contributed by atoms with E-state index in [-0.39, 0.29) is 18.4 Å². The maximum Gasteiger partial charge on any atom is 0.224 e. The molecule has 1 heterocycles. The lowest BCUT2D eigenvalue weighted by Crippen LogP contribution is -2.32. The molecule has 5 nitrogen and oxygen atoms in total. The monoisotopic (exact) mass is 383 g/mol. The largest absolute Gasteiger partial charge is 0.493 e. The second kappa shape index (κ2) is 8.73. The lowest BCUT2D eigenvalue weighted by atomic mass is 10.1.